The van der Waals surface area contributed by atoms with Crippen LogP contribution >= 0.6 is 11.6 Å². The summed E-state index contributed by atoms with van der Waals surface area (Å²) in [6.45, 7) is 0. The molecule has 1 amide bonds. The largest absolute Gasteiger partial charge is 0.496 e. The zero-order valence-corrected chi connectivity index (χ0v) is 9.04. The standard InChI is InChI=1S/C10H11ClN2O2/c1-15-7-4-5-12-9(11)8(7)10(14)13-6-2-3-6/h4-6H,2-3H2,1H3,(H,13,14). The Balaban J connectivity index is 2.27. The van der Waals surface area contributed by atoms with E-state index in [0.717, 1.165) is 12.8 Å². The SMILES string of the molecule is COc1ccnc(Cl)c1C(=O)NC1CC1. The molecule has 1 saturated carbocycles. The Morgan fingerprint density at radius 2 is 2.40 bits per heavy atom. The van der Waals surface area contributed by atoms with Crippen LogP contribution in [0.15, 0.2) is 12.3 Å². The van der Waals surface area contributed by atoms with Gasteiger partial charge in [0.1, 0.15) is 16.5 Å². The molecule has 2 rings (SSSR count). The van der Waals surface area contributed by atoms with Crippen molar-refractivity contribution in [3.8, 4) is 5.75 Å². The second kappa shape index (κ2) is 4.06. The molecule has 0 aliphatic heterocycles. The number of rotatable bonds is 3. The zero-order chi connectivity index (χ0) is 10.8. The van der Waals surface area contributed by atoms with Gasteiger partial charge < -0.3 is 10.1 Å². The van der Waals surface area contributed by atoms with Crippen LogP contribution in [0.1, 0.15) is 23.2 Å². The van der Waals surface area contributed by atoms with Crippen LogP contribution in [0.4, 0.5) is 0 Å². The summed E-state index contributed by atoms with van der Waals surface area (Å²) in [6.07, 6.45) is 3.58. The third-order valence-electron chi connectivity index (χ3n) is 2.23. The maximum absolute atomic E-state index is 11.8. The third-order valence-corrected chi connectivity index (χ3v) is 2.51. The first-order valence-corrected chi connectivity index (χ1v) is 5.09. The van der Waals surface area contributed by atoms with Crippen molar-refractivity contribution in [2.24, 2.45) is 0 Å². The predicted molar refractivity (Wildman–Crippen MR) is 56.3 cm³/mol. The molecule has 15 heavy (non-hydrogen) atoms. The first-order chi connectivity index (χ1) is 7.22. The Morgan fingerprint density at radius 3 is 3.00 bits per heavy atom. The van der Waals surface area contributed by atoms with Gasteiger partial charge in [-0.05, 0) is 18.9 Å². The van der Waals surface area contributed by atoms with Gasteiger partial charge in [-0.15, -0.1) is 0 Å². The van der Waals surface area contributed by atoms with Crippen LogP contribution in [-0.2, 0) is 0 Å². The Bertz CT molecular complexity index is 391. The van der Waals surface area contributed by atoms with Gasteiger partial charge in [-0.25, -0.2) is 4.98 Å². The summed E-state index contributed by atoms with van der Waals surface area (Å²) >= 11 is 5.85. The molecule has 1 aliphatic carbocycles. The molecule has 0 aromatic carbocycles. The number of methoxy groups -OCH3 is 1. The highest BCUT2D eigenvalue weighted by Gasteiger charge is 2.26. The summed E-state index contributed by atoms with van der Waals surface area (Å²) in [5.41, 5.74) is 0.313. The monoisotopic (exact) mass is 226 g/mol. The molecule has 1 aliphatic rings. The average molecular weight is 227 g/mol. The first-order valence-electron chi connectivity index (χ1n) is 4.71. The average Bonchev–Trinajstić information content (AvgIpc) is 3.00. The number of nitrogens with zero attached hydrogens (tertiary/aromatic N) is 1. The van der Waals surface area contributed by atoms with Gasteiger partial charge in [0, 0.05) is 12.2 Å². The lowest BCUT2D eigenvalue weighted by atomic mass is 10.2. The maximum Gasteiger partial charge on any atom is 0.258 e. The zero-order valence-electron chi connectivity index (χ0n) is 8.29. The van der Waals surface area contributed by atoms with Crippen molar-refractivity contribution in [2.75, 3.05) is 7.11 Å². The summed E-state index contributed by atoms with van der Waals surface area (Å²) in [7, 11) is 1.50. The van der Waals surface area contributed by atoms with Crippen LogP contribution < -0.4 is 10.1 Å². The Hall–Kier alpha value is -1.29. The van der Waals surface area contributed by atoms with Crippen LogP contribution in [0, 0.1) is 0 Å². The number of hydrogen-bond acceptors (Lipinski definition) is 3. The highest BCUT2D eigenvalue weighted by molar-refractivity contribution is 6.33. The summed E-state index contributed by atoms with van der Waals surface area (Å²) in [5, 5.41) is 3.02. The van der Waals surface area contributed by atoms with E-state index in [4.69, 9.17) is 16.3 Å². The normalized spacial score (nSPS) is 14.8. The summed E-state index contributed by atoms with van der Waals surface area (Å²) in [4.78, 5) is 15.6. The van der Waals surface area contributed by atoms with Crippen LogP contribution in [0.5, 0.6) is 5.75 Å². The summed E-state index contributed by atoms with van der Waals surface area (Å²) in [5.74, 6) is 0.237. The number of carbonyl (C=O) groups is 1. The molecule has 0 saturated heterocycles. The van der Waals surface area contributed by atoms with Crippen LogP contribution in [0.2, 0.25) is 5.15 Å². The quantitative estimate of drug-likeness (QED) is 0.798. The molecule has 1 fully saturated rings. The molecule has 1 N–H and O–H groups in total. The Labute approximate surface area is 92.6 Å². The van der Waals surface area contributed by atoms with Gasteiger partial charge in [-0.2, -0.15) is 0 Å². The molecule has 0 radical (unpaired) electrons. The number of aromatic nitrogens is 1. The van der Waals surface area contributed by atoms with E-state index in [0.29, 0.717) is 17.4 Å². The number of carbonyl (C=O) groups excluding carboxylic acids is 1. The number of ether oxygens (including phenoxy) is 1. The van der Waals surface area contributed by atoms with Crippen molar-refractivity contribution in [2.45, 2.75) is 18.9 Å². The predicted octanol–water partition coefficient (Wildman–Crippen LogP) is 1.64. The molecule has 5 heteroatoms. The van der Waals surface area contributed by atoms with E-state index in [9.17, 15) is 4.79 Å². The third kappa shape index (κ3) is 2.21. The number of nitrogens with one attached hydrogen (secondary N) is 1. The highest BCUT2D eigenvalue weighted by atomic mass is 35.5. The van der Waals surface area contributed by atoms with Crippen molar-refractivity contribution in [1.29, 1.82) is 0 Å². The van der Waals surface area contributed by atoms with E-state index < -0.39 is 0 Å². The van der Waals surface area contributed by atoms with E-state index in [1.807, 2.05) is 0 Å². The molecule has 0 unspecified atom stereocenters. The first kappa shape index (κ1) is 10.2. The van der Waals surface area contributed by atoms with Crippen molar-refractivity contribution in [1.82, 2.24) is 10.3 Å². The summed E-state index contributed by atoms with van der Waals surface area (Å²) in [6, 6.07) is 1.91. The molecular weight excluding hydrogens is 216 g/mol. The highest BCUT2D eigenvalue weighted by Crippen LogP contribution is 2.26. The second-order valence-electron chi connectivity index (χ2n) is 3.43. The van der Waals surface area contributed by atoms with Crippen molar-refractivity contribution in [3.63, 3.8) is 0 Å². The van der Waals surface area contributed by atoms with Gasteiger partial charge in [0.2, 0.25) is 0 Å². The lowest BCUT2D eigenvalue weighted by Gasteiger charge is -2.09. The molecule has 1 heterocycles. The van der Waals surface area contributed by atoms with Gasteiger partial charge in [0.05, 0.1) is 7.11 Å². The molecule has 1 aromatic rings. The molecular formula is C10H11ClN2O2. The van der Waals surface area contributed by atoms with Gasteiger partial charge in [0.15, 0.2) is 0 Å². The van der Waals surface area contributed by atoms with Gasteiger partial charge in [-0.1, -0.05) is 11.6 Å². The number of pyridine rings is 1. The van der Waals surface area contributed by atoms with E-state index in [1.165, 1.54) is 13.3 Å². The minimum absolute atomic E-state index is 0.174. The van der Waals surface area contributed by atoms with E-state index in [1.54, 1.807) is 6.07 Å². The lowest BCUT2D eigenvalue weighted by Crippen LogP contribution is -2.26. The van der Waals surface area contributed by atoms with Crippen LogP contribution in [0.3, 0.4) is 0 Å². The fourth-order valence-electron chi connectivity index (χ4n) is 1.28. The van der Waals surface area contributed by atoms with E-state index in [-0.39, 0.29) is 11.1 Å². The number of halogens is 1. The molecule has 4 nitrogen and oxygen atoms in total. The fraction of sp³-hybridized carbons (Fsp3) is 0.400. The smallest absolute Gasteiger partial charge is 0.258 e. The van der Waals surface area contributed by atoms with E-state index >= 15 is 0 Å². The van der Waals surface area contributed by atoms with Gasteiger partial charge >= 0.3 is 0 Å². The Morgan fingerprint density at radius 1 is 1.67 bits per heavy atom. The minimum atomic E-state index is -0.215. The van der Waals surface area contributed by atoms with Crippen LogP contribution in [0.25, 0.3) is 0 Å². The molecule has 0 atom stereocenters. The molecule has 80 valence electrons. The topological polar surface area (TPSA) is 51.2 Å². The molecule has 0 bridgehead atoms. The number of amides is 1. The minimum Gasteiger partial charge on any atom is -0.496 e. The fourth-order valence-corrected chi connectivity index (χ4v) is 1.52. The van der Waals surface area contributed by atoms with E-state index in [2.05, 4.69) is 10.3 Å². The van der Waals surface area contributed by atoms with Crippen LogP contribution in [-0.4, -0.2) is 24.0 Å². The lowest BCUT2D eigenvalue weighted by molar-refractivity contribution is 0.0948. The van der Waals surface area contributed by atoms with Gasteiger partial charge in [0.25, 0.3) is 5.91 Å². The summed E-state index contributed by atoms with van der Waals surface area (Å²) < 4.78 is 5.06. The molecule has 1 aromatic heterocycles. The molecule has 0 spiro atoms. The second-order valence-corrected chi connectivity index (χ2v) is 3.78. The van der Waals surface area contributed by atoms with Gasteiger partial charge in [-0.3, -0.25) is 4.79 Å². The Kier molecular flexibility index (Phi) is 2.77. The maximum atomic E-state index is 11.8. The van der Waals surface area contributed by atoms with Crippen molar-refractivity contribution >= 4 is 17.5 Å². The van der Waals surface area contributed by atoms with Crippen molar-refractivity contribution < 1.29 is 9.53 Å². The number of hydrogen-bond donors (Lipinski definition) is 1. The van der Waals surface area contributed by atoms with Crippen molar-refractivity contribution in [3.05, 3.63) is 23.0 Å².